The van der Waals surface area contributed by atoms with E-state index in [1.165, 1.54) is 28.4 Å². The summed E-state index contributed by atoms with van der Waals surface area (Å²) in [5.41, 5.74) is 1.26. The van der Waals surface area contributed by atoms with Crippen molar-refractivity contribution >= 4 is 17.7 Å². The Morgan fingerprint density at radius 3 is 2.48 bits per heavy atom. The number of benzene rings is 1. The summed E-state index contributed by atoms with van der Waals surface area (Å²) in [7, 11) is 0. The molecule has 0 radical (unpaired) electrons. The van der Waals surface area contributed by atoms with Gasteiger partial charge in [0.15, 0.2) is 5.82 Å². The second kappa shape index (κ2) is 9.52. The summed E-state index contributed by atoms with van der Waals surface area (Å²) in [6.07, 6.45) is 3.31. The molecule has 1 aromatic carbocycles. The van der Waals surface area contributed by atoms with Crippen molar-refractivity contribution < 1.29 is 9.53 Å². The molecule has 8 heteroatoms. The lowest BCUT2D eigenvalue weighted by atomic mass is 9.98. The van der Waals surface area contributed by atoms with Gasteiger partial charge in [-0.05, 0) is 56.7 Å². The molecule has 29 heavy (non-hydrogen) atoms. The van der Waals surface area contributed by atoms with Crippen LogP contribution in [-0.4, -0.2) is 43.5 Å². The molecule has 2 heterocycles. The maximum atomic E-state index is 12.7. The van der Waals surface area contributed by atoms with Crippen LogP contribution in [0.1, 0.15) is 64.3 Å². The molecular formula is C21H31N5O2S. The van der Waals surface area contributed by atoms with Crippen LogP contribution in [0.15, 0.2) is 29.4 Å². The molecule has 3 rings (SSSR count). The Morgan fingerprint density at radius 2 is 1.86 bits per heavy atom. The van der Waals surface area contributed by atoms with E-state index in [1.807, 2.05) is 17.0 Å². The van der Waals surface area contributed by atoms with Crippen LogP contribution < -0.4 is 10.6 Å². The van der Waals surface area contributed by atoms with Crippen molar-refractivity contribution in [3.05, 3.63) is 35.7 Å². The number of carbonyl (C=O) groups is 1. The van der Waals surface area contributed by atoms with Gasteiger partial charge in [-0.1, -0.05) is 37.7 Å². The highest BCUT2D eigenvalue weighted by atomic mass is 32.2. The molecule has 0 bridgehead atoms. The van der Waals surface area contributed by atoms with Crippen molar-refractivity contribution in [2.24, 2.45) is 0 Å². The maximum Gasteiger partial charge on any atom is 0.233 e. The summed E-state index contributed by atoms with van der Waals surface area (Å²) in [5.74, 6) is 8.31. The highest BCUT2D eigenvalue weighted by Gasteiger charge is 2.29. The lowest BCUT2D eigenvalue weighted by Crippen LogP contribution is -2.48. The van der Waals surface area contributed by atoms with Gasteiger partial charge in [0.05, 0.1) is 5.75 Å². The molecule has 0 spiro atoms. The lowest BCUT2D eigenvalue weighted by Gasteiger charge is -2.39. The zero-order valence-electron chi connectivity index (χ0n) is 17.7. The van der Waals surface area contributed by atoms with Crippen molar-refractivity contribution in [1.82, 2.24) is 19.8 Å². The van der Waals surface area contributed by atoms with Crippen molar-refractivity contribution in [2.45, 2.75) is 76.7 Å². The Morgan fingerprint density at radius 1 is 1.21 bits per heavy atom. The average Bonchev–Trinajstić information content (AvgIpc) is 3.04. The Kier molecular flexibility index (Phi) is 7.05. The molecular weight excluding hydrogens is 386 g/mol. The van der Waals surface area contributed by atoms with Gasteiger partial charge in [0.1, 0.15) is 12.4 Å². The molecule has 1 aliphatic heterocycles. The van der Waals surface area contributed by atoms with E-state index in [-0.39, 0.29) is 24.6 Å². The highest BCUT2D eigenvalue weighted by Crippen LogP contribution is 2.25. The molecule has 1 aliphatic rings. The van der Waals surface area contributed by atoms with Crippen LogP contribution in [0.4, 0.5) is 0 Å². The largest absolute Gasteiger partial charge is 0.486 e. The summed E-state index contributed by atoms with van der Waals surface area (Å²) in [5, 5.41) is 8.75. The van der Waals surface area contributed by atoms with Gasteiger partial charge in [-0.15, -0.1) is 10.2 Å². The number of hydrogen-bond acceptors (Lipinski definition) is 6. The third kappa shape index (κ3) is 5.23. The van der Waals surface area contributed by atoms with Gasteiger partial charge in [-0.2, -0.15) is 0 Å². The number of aromatic nitrogens is 3. The minimum atomic E-state index is 0.126. The average molecular weight is 418 g/mol. The number of nitrogens with zero attached hydrogens (tertiary/aromatic N) is 4. The van der Waals surface area contributed by atoms with E-state index >= 15 is 0 Å². The number of carbonyl (C=O) groups excluding carboxylic acids is 1. The van der Waals surface area contributed by atoms with Crippen LogP contribution in [0.25, 0.3) is 0 Å². The number of amides is 1. The zero-order chi connectivity index (χ0) is 21.0. The summed E-state index contributed by atoms with van der Waals surface area (Å²) in [4.78, 5) is 14.7. The lowest BCUT2D eigenvalue weighted by molar-refractivity contribution is -0.134. The topological polar surface area (TPSA) is 86.3 Å². The molecule has 1 amide bonds. The van der Waals surface area contributed by atoms with Gasteiger partial charge in [0, 0.05) is 12.1 Å². The minimum Gasteiger partial charge on any atom is -0.486 e. The monoisotopic (exact) mass is 417 g/mol. The first-order valence-electron chi connectivity index (χ1n) is 10.2. The molecule has 2 aromatic rings. The van der Waals surface area contributed by atoms with E-state index in [0.29, 0.717) is 22.7 Å². The third-order valence-corrected chi connectivity index (χ3v) is 6.38. The molecule has 1 saturated heterocycles. The van der Waals surface area contributed by atoms with Crippen molar-refractivity contribution in [2.75, 3.05) is 11.6 Å². The Bertz CT molecular complexity index is 811. The second-order valence-corrected chi connectivity index (χ2v) is 8.94. The number of hydrogen-bond donors (Lipinski definition) is 1. The normalized spacial score (nSPS) is 19.6. The standard InChI is InChI=1S/C21H31N5O2S/c1-14(2)17-8-10-18(11-9-17)28-12-19-23-24-21(26(19)22)29-13-20(27)25-15(3)6-5-7-16(25)4/h8-11,14-16H,5-7,12-13,22H2,1-4H3/t15-,16-/m1/s1. The molecule has 0 aliphatic carbocycles. The van der Waals surface area contributed by atoms with Crippen LogP contribution >= 0.6 is 11.8 Å². The number of likely N-dealkylation sites (tertiary alicyclic amines) is 1. The van der Waals surface area contributed by atoms with Crippen molar-refractivity contribution in [1.29, 1.82) is 0 Å². The molecule has 1 fully saturated rings. The van der Waals surface area contributed by atoms with E-state index in [0.717, 1.165) is 18.6 Å². The number of nitrogens with two attached hydrogens (primary N) is 1. The first-order valence-corrected chi connectivity index (χ1v) is 11.2. The van der Waals surface area contributed by atoms with Crippen LogP contribution in [-0.2, 0) is 11.4 Å². The fraction of sp³-hybridized carbons (Fsp3) is 0.571. The van der Waals surface area contributed by atoms with Crippen LogP contribution in [0.2, 0.25) is 0 Å². The predicted molar refractivity (Wildman–Crippen MR) is 115 cm³/mol. The quantitative estimate of drug-likeness (QED) is 0.547. The molecule has 7 nitrogen and oxygen atoms in total. The zero-order valence-corrected chi connectivity index (χ0v) is 18.5. The predicted octanol–water partition coefficient (Wildman–Crippen LogP) is 3.58. The Balaban J connectivity index is 1.54. The van der Waals surface area contributed by atoms with Gasteiger partial charge in [-0.25, -0.2) is 4.68 Å². The van der Waals surface area contributed by atoms with Gasteiger partial charge >= 0.3 is 0 Å². The molecule has 158 valence electrons. The number of nitrogen functional groups attached to an aromatic ring is 1. The third-order valence-electron chi connectivity index (χ3n) is 5.46. The Hall–Kier alpha value is -2.22. The molecule has 0 saturated carbocycles. The Labute approximate surface area is 177 Å². The minimum absolute atomic E-state index is 0.126. The van der Waals surface area contributed by atoms with Gasteiger partial charge in [-0.3, -0.25) is 4.79 Å². The van der Waals surface area contributed by atoms with Crippen molar-refractivity contribution in [3.63, 3.8) is 0 Å². The number of ether oxygens (including phenoxy) is 1. The SMILES string of the molecule is CC(C)c1ccc(OCc2nnc(SCC(=O)N3[C@H](C)CCC[C@H]3C)n2N)cc1. The highest BCUT2D eigenvalue weighted by molar-refractivity contribution is 7.99. The first-order chi connectivity index (χ1) is 13.9. The van der Waals surface area contributed by atoms with E-state index in [2.05, 4.69) is 50.0 Å². The summed E-state index contributed by atoms with van der Waals surface area (Å²) in [6, 6.07) is 8.58. The van der Waals surface area contributed by atoms with E-state index in [1.54, 1.807) is 0 Å². The molecule has 0 unspecified atom stereocenters. The maximum absolute atomic E-state index is 12.7. The molecule has 1 aromatic heterocycles. The van der Waals surface area contributed by atoms with Gasteiger partial charge < -0.3 is 15.5 Å². The van der Waals surface area contributed by atoms with E-state index in [9.17, 15) is 4.79 Å². The van der Waals surface area contributed by atoms with Gasteiger partial charge in [0.2, 0.25) is 11.1 Å². The second-order valence-electron chi connectivity index (χ2n) is 8.00. The van der Waals surface area contributed by atoms with E-state index < -0.39 is 0 Å². The van der Waals surface area contributed by atoms with E-state index in [4.69, 9.17) is 10.6 Å². The van der Waals surface area contributed by atoms with Crippen molar-refractivity contribution in [3.8, 4) is 5.75 Å². The molecule has 2 atom stereocenters. The van der Waals surface area contributed by atoms with Gasteiger partial charge in [0.25, 0.3) is 0 Å². The number of rotatable bonds is 7. The summed E-state index contributed by atoms with van der Waals surface area (Å²) >= 11 is 1.32. The van der Waals surface area contributed by atoms with Crippen LogP contribution in [0.3, 0.4) is 0 Å². The fourth-order valence-corrected chi connectivity index (χ4v) is 4.46. The smallest absolute Gasteiger partial charge is 0.233 e. The fourth-order valence-electron chi connectivity index (χ4n) is 3.71. The molecule has 2 N–H and O–H groups in total. The van der Waals surface area contributed by atoms with Crippen LogP contribution in [0.5, 0.6) is 5.75 Å². The first kappa shape index (κ1) is 21.5. The number of piperidine rings is 1. The summed E-state index contributed by atoms with van der Waals surface area (Å²) < 4.78 is 7.19. The van der Waals surface area contributed by atoms with Crippen LogP contribution in [0, 0.1) is 0 Å². The summed E-state index contributed by atoms with van der Waals surface area (Å²) in [6.45, 7) is 8.77. The number of thioether (sulfide) groups is 1.